The Morgan fingerprint density at radius 3 is 2.42 bits per heavy atom. The molecule has 0 radical (unpaired) electrons. The minimum atomic E-state index is -0.193. The molecule has 1 heterocycles. The number of carbonyl (C=O) groups is 2. The van der Waals surface area contributed by atoms with Gasteiger partial charge in [-0.25, -0.2) is 4.98 Å². The Labute approximate surface area is 193 Å². The van der Waals surface area contributed by atoms with Gasteiger partial charge in [-0.05, 0) is 24.3 Å². The summed E-state index contributed by atoms with van der Waals surface area (Å²) in [6.07, 6.45) is 0. The normalized spacial score (nSPS) is 10.6. The smallest absolute Gasteiger partial charge is 0.234 e. The quantitative estimate of drug-likeness (QED) is 0.253. The highest BCUT2D eigenvalue weighted by Crippen LogP contribution is 2.29. The topological polar surface area (TPSA) is 59.1 Å². The number of thiazole rings is 1. The van der Waals surface area contributed by atoms with Crippen molar-refractivity contribution in [1.29, 1.82) is 0 Å². The van der Waals surface area contributed by atoms with E-state index < -0.39 is 0 Å². The Balaban J connectivity index is 1.40. The third-order valence-corrected chi connectivity index (χ3v) is 6.70. The summed E-state index contributed by atoms with van der Waals surface area (Å²) in [5.41, 5.74) is 3.37. The van der Waals surface area contributed by atoms with Crippen LogP contribution in [0.5, 0.6) is 0 Å². The van der Waals surface area contributed by atoms with Crippen LogP contribution in [0, 0.1) is 0 Å². The van der Waals surface area contributed by atoms with E-state index in [1.807, 2.05) is 47.8 Å². The van der Waals surface area contributed by atoms with Crippen LogP contribution >= 0.6 is 34.7 Å². The molecule has 0 spiro atoms. The average Bonchev–Trinajstić information content (AvgIpc) is 3.28. The van der Waals surface area contributed by atoms with E-state index in [1.165, 1.54) is 23.1 Å². The lowest BCUT2D eigenvalue weighted by Crippen LogP contribution is -2.16. The third kappa shape index (κ3) is 5.41. The zero-order valence-electron chi connectivity index (χ0n) is 16.2. The van der Waals surface area contributed by atoms with Crippen LogP contribution in [-0.4, -0.2) is 22.4 Å². The molecule has 0 aliphatic carbocycles. The maximum atomic E-state index is 12.8. The number of amides is 1. The fraction of sp³-hybridized carbons (Fsp3) is 0.0417. The van der Waals surface area contributed by atoms with Crippen LogP contribution in [0.4, 0.5) is 5.69 Å². The Hall–Kier alpha value is -2.93. The van der Waals surface area contributed by atoms with Crippen LogP contribution in [0.3, 0.4) is 0 Å². The number of halogens is 1. The molecule has 0 saturated heterocycles. The SMILES string of the molecule is O=C(CSc1nc(-c2ccc(Cl)cc2)cs1)Nc1ccccc1C(=O)c1ccccc1. The van der Waals surface area contributed by atoms with E-state index >= 15 is 0 Å². The minimum absolute atomic E-state index is 0.128. The molecule has 0 bridgehead atoms. The fourth-order valence-electron chi connectivity index (χ4n) is 2.93. The predicted octanol–water partition coefficient (Wildman–Crippen LogP) is 6.43. The first-order valence-corrected chi connectivity index (χ1v) is 11.7. The maximum Gasteiger partial charge on any atom is 0.234 e. The highest BCUT2D eigenvalue weighted by atomic mass is 35.5. The Kier molecular flexibility index (Phi) is 6.82. The molecule has 3 aromatic carbocycles. The molecule has 31 heavy (non-hydrogen) atoms. The molecule has 0 atom stereocenters. The highest BCUT2D eigenvalue weighted by molar-refractivity contribution is 8.01. The van der Waals surface area contributed by atoms with Crippen LogP contribution < -0.4 is 5.32 Å². The first kappa shape index (κ1) is 21.3. The van der Waals surface area contributed by atoms with Gasteiger partial charge in [-0.2, -0.15) is 0 Å². The van der Waals surface area contributed by atoms with Gasteiger partial charge in [0.25, 0.3) is 0 Å². The number of hydrogen-bond donors (Lipinski definition) is 1. The number of rotatable bonds is 7. The summed E-state index contributed by atoms with van der Waals surface area (Å²) in [5.74, 6) is -0.125. The van der Waals surface area contributed by atoms with Crippen LogP contribution in [0.1, 0.15) is 15.9 Å². The fourth-order valence-corrected chi connectivity index (χ4v) is 4.69. The van der Waals surface area contributed by atoms with Crippen LogP contribution in [0.25, 0.3) is 11.3 Å². The van der Waals surface area contributed by atoms with E-state index in [0.29, 0.717) is 21.8 Å². The summed E-state index contributed by atoms with van der Waals surface area (Å²) in [4.78, 5) is 29.9. The molecule has 1 amide bonds. The van der Waals surface area contributed by atoms with Crippen molar-refractivity contribution < 1.29 is 9.59 Å². The van der Waals surface area contributed by atoms with Crippen molar-refractivity contribution in [2.45, 2.75) is 4.34 Å². The van der Waals surface area contributed by atoms with E-state index in [4.69, 9.17) is 11.6 Å². The Morgan fingerprint density at radius 1 is 0.935 bits per heavy atom. The molecular formula is C24H17ClN2O2S2. The summed E-state index contributed by atoms with van der Waals surface area (Å²) in [5, 5.41) is 5.49. The zero-order chi connectivity index (χ0) is 21.6. The van der Waals surface area contributed by atoms with Gasteiger partial charge in [0.2, 0.25) is 5.91 Å². The van der Waals surface area contributed by atoms with E-state index in [2.05, 4.69) is 10.3 Å². The zero-order valence-corrected chi connectivity index (χ0v) is 18.6. The van der Waals surface area contributed by atoms with Crippen molar-refractivity contribution in [3.63, 3.8) is 0 Å². The third-order valence-electron chi connectivity index (χ3n) is 4.43. The first-order chi connectivity index (χ1) is 15.1. The number of thioether (sulfide) groups is 1. The number of aromatic nitrogens is 1. The van der Waals surface area contributed by atoms with Crippen molar-refractivity contribution in [2.75, 3.05) is 11.1 Å². The lowest BCUT2D eigenvalue weighted by molar-refractivity contribution is -0.113. The maximum absolute atomic E-state index is 12.8. The van der Waals surface area contributed by atoms with E-state index in [1.54, 1.807) is 36.4 Å². The lowest BCUT2D eigenvalue weighted by Gasteiger charge is -2.10. The van der Waals surface area contributed by atoms with Gasteiger partial charge in [0.15, 0.2) is 10.1 Å². The number of hydrogen-bond acceptors (Lipinski definition) is 5. The minimum Gasteiger partial charge on any atom is -0.325 e. The van der Waals surface area contributed by atoms with Crippen molar-refractivity contribution in [2.24, 2.45) is 0 Å². The van der Waals surface area contributed by atoms with Gasteiger partial charge in [-0.1, -0.05) is 78.0 Å². The molecule has 0 unspecified atom stereocenters. The molecule has 7 heteroatoms. The monoisotopic (exact) mass is 464 g/mol. The van der Waals surface area contributed by atoms with Crippen molar-refractivity contribution in [3.8, 4) is 11.3 Å². The average molecular weight is 465 g/mol. The molecule has 0 saturated carbocycles. The van der Waals surface area contributed by atoms with Crippen molar-refractivity contribution >= 4 is 52.1 Å². The highest BCUT2D eigenvalue weighted by Gasteiger charge is 2.15. The van der Waals surface area contributed by atoms with Gasteiger partial charge in [0.05, 0.1) is 17.1 Å². The Bertz CT molecular complexity index is 1210. The summed E-state index contributed by atoms with van der Waals surface area (Å²) in [6, 6.07) is 23.5. The molecule has 1 N–H and O–H groups in total. The first-order valence-electron chi connectivity index (χ1n) is 9.43. The van der Waals surface area contributed by atoms with E-state index in [9.17, 15) is 9.59 Å². The number of nitrogens with zero attached hydrogens (tertiary/aromatic N) is 1. The lowest BCUT2D eigenvalue weighted by atomic mass is 10.0. The summed E-state index contributed by atoms with van der Waals surface area (Å²) in [7, 11) is 0. The largest absolute Gasteiger partial charge is 0.325 e. The number of nitrogens with one attached hydrogen (secondary N) is 1. The molecule has 0 aliphatic rings. The van der Waals surface area contributed by atoms with Crippen LogP contribution in [-0.2, 0) is 4.79 Å². The van der Waals surface area contributed by atoms with Crippen LogP contribution in [0.15, 0.2) is 88.6 Å². The molecular weight excluding hydrogens is 448 g/mol. The van der Waals surface area contributed by atoms with E-state index in [-0.39, 0.29) is 17.4 Å². The van der Waals surface area contributed by atoms with E-state index in [0.717, 1.165) is 15.6 Å². The Morgan fingerprint density at radius 2 is 1.65 bits per heavy atom. The summed E-state index contributed by atoms with van der Waals surface area (Å²) >= 11 is 8.78. The van der Waals surface area contributed by atoms with Gasteiger partial charge in [0.1, 0.15) is 0 Å². The van der Waals surface area contributed by atoms with Crippen molar-refractivity contribution in [1.82, 2.24) is 4.98 Å². The molecule has 4 aromatic rings. The van der Waals surface area contributed by atoms with Gasteiger partial charge in [-0.3, -0.25) is 9.59 Å². The number of carbonyl (C=O) groups excluding carboxylic acids is 2. The second-order valence-corrected chi connectivity index (χ2v) is 9.10. The standard InChI is InChI=1S/C24H17ClN2O2S2/c25-18-12-10-16(11-13-18)21-14-30-24(27-21)31-15-22(28)26-20-9-5-4-8-19(20)23(29)17-6-2-1-3-7-17/h1-14H,15H2,(H,26,28). The van der Waals surface area contributed by atoms with Gasteiger partial charge < -0.3 is 5.32 Å². The summed E-state index contributed by atoms with van der Waals surface area (Å²) < 4.78 is 0.800. The van der Waals surface area contributed by atoms with Gasteiger partial charge in [0, 0.05) is 27.1 Å². The second-order valence-electron chi connectivity index (χ2n) is 6.58. The number of para-hydroxylation sites is 1. The molecule has 4 nitrogen and oxygen atoms in total. The second kappa shape index (κ2) is 9.92. The number of ketones is 1. The molecule has 4 rings (SSSR count). The number of anilines is 1. The molecule has 0 aliphatic heterocycles. The summed E-state index contributed by atoms with van der Waals surface area (Å²) in [6.45, 7) is 0. The molecule has 0 fully saturated rings. The molecule has 154 valence electrons. The van der Waals surface area contributed by atoms with Gasteiger partial charge in [-0.15, -0.1) is 11.3 Å². The van der Waals surface area contributed by atoms with Crippen molar-refractivity contribution in [3.05, 3.63) is 100 Å². The molecule has 1 aromatic heterocycles. The predicted molar refractivity (Wildman–Crippen MR) is 128 cm³/mol. The van der Waals surface area contributed by atoms with Gasteiger partial charge >= 0.3 is 0 Å². The number of benzene rings is 3. The van der Waals surface area contributed by atoms with Crippen LogP contribution in [0.2, 0.25) is 5.02 Å².